The lowest BCUT2D eigenvalue weighted by Gasteiger charge is -2.10. The molecule has 0 spiro atoms. The Balaban J connectivity index is 1.78. The van der Waals surface area contributed by atoms with E-state index in [2.05, 4.69) is 17.4 Å². The summed E-state index contributed by atoms with van der Waals surface area (Å²) in [7, 11) is 0. The van der Waals surface area contributed by atoms with E-state index in [1.54, 1.807) is 0 Å². The SMILES string of the molecule is O=C(Nc1ccc2c(c1)CCCCC2)c1ccccc1. The highest BCUT2D eigenvalue weighted by molar-refractivity contribution is 6.04. The molecule has 1 N–H and O–H groups in total. The predicted octanol–water partition coefficient (Wildman–Crippen LogP) is 4.21. The zero-order valence-electron chi connectivity index (χ0n) is 11.6. The number of hydrogen-bond donors (Lipinski definition) is 1. The van der Waals surface area contributed by atoms with Gasteiger partial charge in [-0.15, -0.1) is 0 Å². The Bertz CT molecular complexity index is 604. The van der Waals surface area contributed by atoms with Crippen molar-refractivity contribution in [2.45, 2.75) is 32.1 Å². The first kappa shape index (κ1) is 12.9. The quantitative estimate of drug-likeness (QED) is 0.810. The molecular formula is C18H19NO. The van der Waals surface area contributed by atoms with Crippen LogP contribution in [0.3, 0.4) is 0 Å². The summed E-state index contributed by atoms with van der Waals surface area (Å²) in [5.41, 5.74) is 4.44. The zero-order chi connectivity index (χ0) is 13.8. The van der Waals surface area contributed by atoms with E-state index in [-0.39, 0.29) is 5.91 Å². The largest absolute Gasteiger partial charge is 0.322 e. The van der Waals surface area contributed by atoms with Crippen LogP contribution in [-0.2, 0) is 12.8 Å². The van der Waals surface area contributed by atoms with Gasteiger partial charge in [-0.05, 0) is 61.1 Å². The second kappa shape index (κ2) is 5.91. The second-order valence-electron chi connectivity index (χ2n) is 5.36. The molecule has 0 atom stereocenters. The molecule has 2 aromatic carbocycles. The van der Waals surface area contributed by atoms with Crippen LogP contribution < -0.4 is 5.32 Å². The van der Waals surface area contributed by atoms with Crippen molar-refractivity contribution in [2.24, 2.45) is 0 Å². The molecule has 3 rings (SSSR count). The monoisotopic (exact) mass is 265 g/mol. The lowest BCUT2D eigenvalue weighted by molar-refractivity contribution is 0.102. The normalized spacial score (nSPS) is 14.2. The van der Waals surface area contributed by atoms with E-state index < -0.39 is 0 Å². The van der Waals surface area contributed by atoms with Crippen molar-refractivity contribution >= 4 is 11.6 Å². The predicted molar refractivity (Wildman–Crippen MR) is 82.1 cm³/mol. The highest BCUT2D eigenvalue weighted by Gasteiger charge is 2.10. The van der Waals surface area contributed by atoms with Gasteiger partial charge in [-0.1, -0.05) is 30.7 Å². The van der Waals surface area contributed by atoms with E-state index in [0.29, 0.717) is 5.56 Å². The maximum atomic E-state index is 12.1. The summed E-state index contributed by atoms with van der Waals surface area (Å²) >= 11 is 0. The summed E-state index contributed by atoms with van der Waals surface area (Å²) in [6, 6.07) is 15.7. The minimum Gasteiger partial charge on any atom is -0.322 e. The zero-order valence-corrected chi connectivity index (χ0v) is 11.6. The van der Waals surface area contributed by atoms with Crippen LogP contribution in [-0.4, -0.2) is 5.91 Å². The fourth-order valence-electron chi connectivity index (χ4n) is 2.78. The summed E-state index contributed by atoms with van der Waals surface area (Å²) in [5, 5.41) is 2.99. The van der Waals surface area contributed by atoms with Crippen LogP contribution in [0, 0.1) is 0 Å². The average molecular weight is 265 g/mol. The Labute approximate surface area is 119 Å². The smallest absolute Gasteiger partial charge is 0.255 e. The fraction of sp³-hybridized carbons (Fsp3) is 0.278. The van der Waals surface area contributed by atoms with Gasteiger partial charge in [0.15, 0.2) is 0 Å². The highest BCUT2D eigenvalue weighted by Crippen LogP contribution is 2.24. The molecule has 1 amide bonds. The minimum atomic E-state index is -0.0424. The first-order chi connectivity index (χ1) is 9.83. The van der Waals surface area contributed by atoms with E-state index >= 15 is 0 Å². The maximum Gasteiger partial charge on any atom is 0.255 e. The molecule has 1 aliphatic carbocycles. The van der Waals surface area contributed by atoms with Gasteiger partial charge < -0.3 is 5.32 Å². The standard InChI is InChI=1S/C18H19NO/c20-18(15-8-4-2-5-9-15)19-17-12-11-14-7-3-1-6-10-16(14)13-17/h2,4-5,8-9,11-13H,1,3,6-7,10H2,(H,19,20). The van der Waals surface area contributed by atoms with Crippen LogP contribution in [0.4, 0.5) is 5.69 Å². The third-order valence-electron chi connectivity index (χ3n) is 3.89. The van der Waals surface area contributed by atoms with Crippen LogP contribution in [0.2, 0.25) is 0 Å². The molecule has 0 aromatic heterocycles. The van der Waals surface area contributed by atoms with Crippen LogP contribution in [0.5, 0.6) is 0 Å². The van der Waals surface area contributed by atoms with Gasteiger partial charge in [0.05, 0.1) is 0 Å². The number of benzene rings is 2. The van der Waals surface area contributed by atoms with Crippen LogP contribution in [0.15, 0.2) is 48.5 Å². The molecule has 0 fully saturated rings. The number of amides is 1. The van der Waals surface area contributed by atoms with E-state index in [4.69, 9.17) is 0 Å². The summed E-state index contributed by atoms with van der Waals surface area (Å²) in [4.78, 5) is 12.1. The Morgan fingerprint density at radius 2 is 1.60 bits per heavy atom. The summed E-state index contributed by atoms with van der Waals surface area (Å²) in [6.07, 6.45) is 6.14. The van der Waals surface area contributed by atoms with Gasteiger partial charge in [0.25, 0.3) is 5.91 Å². The van der Waals surface area contributed by atoms with Gasteiger partial charge in [-0.3, -0.25) is 4.79 Å². The number of anilines is 1. The third kappa shape index (κ3) is 2.90. The van der Waals surface area contributed by atoms with E-state index in [1.165, 1.54) is 36.8 Å². The number of carbonyl (C=O) groups is 1. The van der Waals surface area contributed by atoms with Crippen molar-refractivity contribution < 1.29 is 4.79 Å². The molecule has 0 heterocycles. The lowest BCUT2D eigenvalue weighted by Crippen LogP contribution is -2.12. The molecule has 0 radical (unpaired) electrons. The third-order valence-corrected chi connectivity index (χ3v) is 3.89. The second-order valence-corrected chi connectivity index (χ2v) is 5.36. The van der Waals surface area contributed by atoms with Crippen LogP contribution in [0.25, 0.3) is 0 Å². The average Bonchev–Trinajstić information content (AvgIpc) is 2.73. The summed E-state index contributed by atoms with van der Waals surface area (Å²) < 4.78 is 0. The molecule has 0 saturated heterocycles. The Morgan fingerprint density at radius 1 is 0.850 bits per heavy atom. The number of rotatable bonds is 2. The molecule has 102 valence electrons. The van der Waals surface area contributed by atoms with Crippen molar-refractivity contribution in [3.63, 3.8) is 0 Å². The fourth-order valence-corrected chi connectivity index (χ4v) is 2.78. The number of aryl methyl sites for hydroxylation is 2. The minimum absolute atomic E-state index is 0.0424. The topological polar surface area (TPSA) is 29.1 Å². The molecule has 20 heavy (non-hydrogen) atoms. The Kier molecular flexibility index (Phi) is 3.82. The lowest BCUT2D eigenvalue weighted by atomic mass is 10.0. The number of nitrogens with one attached hydrogen (secondary N) is 1. The molecule has 2 nitrogen and oxygen atoms in total. The highest BCUT2D eigenvalue weighted by atomic mass is 16.1. The van der Waals surface area contributed by atoms with Gasteiger partial charge in [0.2, 0.25) is 0 Å². The van der Waals surface area contributed by atoms with Crippen molar-refractivity contribution in [3.05, 3.63) is 65.2 Å². The van der Waals surface area contributed by atoms with Gasteiger partial charge in [-0.25, -0.2) is 0 Å². The van der Waals surface area contributed by atoms with Gasteiger partial charge in [0, 0.05) is 11.3 Å². The summed E-state index contributed by atoms with van der Waals surface area (Å²) in [6.45, 7) is 0. The number of fused-ring (bicyclic) bond motifs is 1. The maximum absolute atomic E-state index is 12.1. The van der Waals surface area contributed by atoms with Crippen LogP contribution >= 0.6 is 0 Å². The molecular weight excluding hydrogens is 246 g/mol. The Hall–Kier alpha value is -2.09. The van der Waals surface area contributed by atoms with Gasteiger partial charge in [-0.2, -0.15) is 0 Å². The van der Waals surface area contributed by atoms with Crippen molar-refractivity contribution in [1.82, 2.24) is 0 Å². The molecule has 2 aromatic rings. The van der Waals surface area contributed by atoms with Gasteiger partial charge in [0.1, 0.15) is 0 Å². The van der Waals surface area contributed by atoms with Crippen molar-refractivity contribution in [3.8, 4) is 0 Å². The van der Waals surface area contributed by atoms with Crippen molar-refractivity contribution in [1.29, 1.82) is 0 Å². The molecule has 0 bridgehead atoms. The molecule has 0 saturated carbocycles. The van der Waals surface area contributed by atoms with Gasteiger partial charge >= 0.3 is 0 Å². The van der Waals surface area contributed by atoms with E-state index in [0.717, 1.165) is 12.1 Å². The number of hydrogen-bond acceptors (Lipinski definition) is 1. The first-order valence-corrected chi connectivity index (χ1v) is 7.31. The van der Waals surface area contributed by atoms with E-state index in [1.807, 2.05) is 36.4 Å². The molecule has 2 heteroatoms. The summed E-state index contributed by atoms with van der Waals surface area (Å²) in [5.74, 6) is -0.0424. The molecule has 0 aliphatic heterocycles. The van der Waals surface area contributed by atoms with E-state index in [9.17, 15) is 4.79 Å². The van der Waals surface area contributed by atoms with Crippen molar-refractivity contribution in [2.75, 3.05) is 5.32 Å². The van der Waals surface area contributed by atoms with Crippen LogP contribution in [0.1, 0.15) is 40.7 Å². The molecule has 0 unspecified atom stereocenters. The number of carbonyl (C=O) groups excluding carboxylic acids is 1. The molecule has 1 aliphatic rings. The first-order valence-electron chi connectivity index (χ1n) is 7.31. The Morgan fingerprint density at radius 3 is 2.40 bits per heavy atom.